The Hall–Kier alpha value is -4.36. The van der Waals surface area contributed by atoms with Crippen molar-refractivity contribution in [2.45, 2.75) is 57.3 Å². The molecule has 2 aliphatic rings. The average Bonchev–Trinajstić information content (AvgIpc) is 3.27. The molecule has 0 heterocycles. The van der Waals surface area contributed by atoms with Crippen molar-refractivity contribution >= 4 is 32.9 Å². The Balaban J connectivity index is 1.35. The summed E-state index contributed by atoms with van der Waals surface area (Å²) < 4.78 is 0. The molecule has 1 N–H and O–H groups in total. The highest BCUT2D eigenvalue weighted by Gasteiger charge is 2.35. The van der Waals surface area contributed by atoms with E-state index in [0.29, 0.717) is 5.92 Å². The van der Waals surface area contributed by atoms with Crippen molar-refractivity contribution in [1.82, 2.24) is 0 Å². The largest absolute Gasteiger partial charge is 0.355 e. The second kappa shape index (κ2) is 9.88. The van der Waals surface area contributed by atoms with Gasteiger partial charge in [0, 0.05) is 22.4 Å². The molecule has 0 amide bonds. The molecule has 0 atom stereocenters. The van der Waals surface area contributed by atoms with E-state index in [1.807, 2.05) is 0 Å². The van der Waals surface area contributed by atoms with E-state index in [0.717, 1.165) is 5.69 Å². The number of hydrogen-bond acceptors (Lipinski definition) is 1. The monoisotopic (exact) mass is 543 g/mol. The molecule has 1 saturated carbocycles. The fraction of sp³-hybridized carbons (Fsp3) is 0.220. The minimum atomic E-state index is -0.0290. The van der Waals surface area contributed by atoms with Crippen molar-refractivity contribution in [3.05, 3.63) is 132 Å². The number of benzene rings is 6. The second-order valence-corrected chi connectivity index (χ2v) is 12.9. The first-order valence-electron chi connectivity index (χ1n) is 15.6. The molecule has 2 aliphatic carbocycles. The summed E-state index contributed by atoms with van der Waals surface area (Å²) in [5.74, 6) is 0.610. The van der Waals surface area contributed by atoms with Crippen molar-refractivity contribution in [2.75, 3.05) is 5.32 Å². The van der Waals surface area contributed by atoms with E-state index >= 15 is 0 Å². The molecule has 1 fully saturated rings. The molecule has 42 heavy (non-hydrogen) atoms. The Morgan fingerprint density at radius 3 is 2.10 bits per heavy atom. The van der Waals surface area contributed by atoms with Gasteiger partial charge in [-0.25, -0.2) is 0 Å². The topological polar surface area (TPSA) is 12.0 Å². The highest BCUT2D eigenvalue weighted by atomic mass is 14.9. The van der Waals surface area contributed by atoms with Gasteiger partial charge in [-0.2, -0.15) is 0 Å². The zero-order valence-electron chi connectivity index (χ0n) is 24.6. The molecule has 1 nitrogen and oxygen atoms in total. The molecule has 0 aliphatic heterocycles. The Bertz CT molecular complexity index is 1970. The summed E-state index contributed by atoms with van der Waals surface area (Å²) in [6.07, 6.45) is 6.58. The van der Waals surface area contributed by atoms with Crippen molar-refractivity contribution in [1.29, 1.82) is 0 Å². The van der Waals surface area contributed by atoms with Gasteiger partial charge >= 0.3 is 0 Å². The lowest BCUT2D eigenvalue weighted by atomic mass is 9.80. The molecule has 0 radical (unpaired) electrons. The van der Waals surface area contributed by atoms with Crippen LogP contribution in [0.25, 0.3) is 43.8 Å². The van der Waals surface area contributed by atoms with Crippen LogP contribution in [0.2, 0.25) is 0 Å². The summed E-state index contributed by atoms with van der Waals surface area (Å²) in [7, 11) is 0. The fourth-order valence-electron chi connectivity index (χ4n) is 7.92. The first-order valence-corrected chi connectivity index (χ1v) is 15.6. The maximum Gasteiger partial charge on any atom is 0.0473 e. The first kappa shape index (κ1) is 25.4. The van der Waals surface area contributed by atoms with Crippen LogP contribution in [0.5, 0.6) is 0 Å². The number of nitrogens with one attached hydrogen (secondary N) is 1. The standard InChI is InChI=1S/C41H37N/c1-41(2)37-22-11-10-19-32(37)33-24-23-29(25-38(33)41)42-39-26-36(28-13-4-3-5-14-28)31-18-8-9-20-35(31)40(39)34-21-12-16-27-15-6-7-17-30(27)34/h6-12,15-26,28,42H,3-5,13-14H2,1-2H3. The average molecular weight is 544 g/mol. The molecule has 6 aromatic rings. The number of fused-ring (bicyclic) bond motifs is 5. The lowest BCUT2D eigenvalue weighted by Gasteiger charge is -2.27. The van der Waals surface area contributed by atoms with Gasteiger partial charge in [-0.3, -0.25) is 0 Å². The van der Waals surface area contributed by atoms with E-state index in [9.17, 15) is 0 Å². The van der Waals surface area contributed by atoms with Gasteiger partial charge in [0.2, 0.25) is 0 Å². The predicted octanol–water partition coefficient (Wildman–Crippen LogP) is 11.8. The van der Waals surface area contributed by atoms with Gasteiger partial charge in [0.05, 0.1) is 0 Å². The number of rotatable bonds is 4. The molecule has 0 aromatic heterocycles. The Kier molecular flexibility index (Phi) is 5.96. The second-order valence-electron chi connectivity index (χ2n) is 12.9. The lowest BCUT2D eigenvalue weighted by Crippen LogP contribution is -2.15. The Morgan fingerprint density at radius 1 is 0.571 bits per heavy atom. The summed E-state index contributed by atoms with van der Waals surface area (Å²) >= 11 is 0. The zero-order chi connectivity index (χ0) is 28.3. The number of hydrogen-bond donors (Lipinski definition) is 1. The maximum absolute atomic E-state index is 4.00. The first-order chi connectivity index (χ1) is 20.6. The molecule has 206 valence electrons. The Labute approximate surface area is 249 Å². The van der Waals surface area contributed by atoms with Crippen molar-refractivity contribution in [2.24, 2.45) is 0 Å². The van der Waals surface area contributed by atoms with Crippen LogP contribution in [0.15, 0.2) is 115 Å². The van der Waals surface area contributed by atoms with Crippen molar-refractivity contribution in [3.8, 4) is 22.3 Å². The van der Waals surface area contributed by atoms with E-state index in [1.165, 1.54) is 98.3 Å². The molecule has 0 unspecified atom stereocenters. The van der Waals surface area contributed by atoms with Crippen LogP contribution in [0, 0.1) is 0 Å². The van der Waals surface area contributed by atoms with E-state index in [4.69, 9.17) is 0 Å². The molecule has 6 aromatic carbocycles. The van der Waals surface area contributed by atoms with Gasteiger partial charge in [0.25, 0.3) is 0 Å². The third-order valence-corrected chi connectivity index (χ3v) is 10.0. The maximum atomic E-state index is 4.00. The van der Waals surface area contributed by atoms with E-state index < -0.39 is 0 Å². The van der Waals surface area contributed by atoms with Crippen LogP contribution in [-0.4, -0.2) is 0 Å². The van der Waals surface area contributed by atoms with Gasteiger partial charge in [0.15, 0.2) is 0 Å². The van der Waals surface area contributed by atoms with Crippen LogP contribution in [-0.2, 0) is 5.41 Å². The van der Waals surface area contributed by atoms with Crippen LogP contribution in [0.4, 0.5) is 11.4 Å². The molecule has 1 heteroatoms. The highest BCUT2D eigenvalue weighted by Crippen LogP contribution is 2.50. The van der Waals surface area contributed by atoms with Crippen LogP contribution in [0.3, 0.4) is 0 Å². The third-order valence-electron chi connectivity index (χ3n) is 10.0. The van der Waals surface area contributed by atoms with Gasteiger partial charge in [-0.1, -0.05) is 130 Å². The van der Waals surface area contributed by atoms with Crippen LogP contribution >= 0.6 is 0 Å². The quantitative estimate of drug-likeness (QED) is 0.233. The summed E-state index contributed by atoms with van der Waals surface area (Å²) in [5, 5.41) is 9.32. The minimum Gasteiger partial charge on any atom is -0.355 e. The van der Waals surface area contributed by atoms with Gasteiger partial charge in [-0.05, 0) is 91.9 Å². The van der Waals surface area contributed by atoms with E-state index in [1.54, 1.807) is 0 Å². The van der Waals surface area contributed by atoms with E-state index in [-0.39, 0.29) is 5.41 Å². The van der Waals surface area contributed by atoms with Crippen LogP contribution in [0.1, 0.15) is 68.6 Å². The molecule has 8 rings (SSSR count). The minimum absolute atomic E-state index is 0.0290. The fourth-order valence-corrected chi connectivity index (χ4v) is 7.92. The molecular weight excluding hydrogens is 506 g/mol. The predicted molar refractivity (Wildman–Crippen MR) is 180 cm³/mol. The number of anilines is 2. The summed E-state index contributed by atoms with van der Waals surface area (Å²) in [5.41, 5.74) is 12.0. The van der Waals surface area contributed by atoms with Gasteiger partial charge in [-0.15, -0.1) is 0 Å². The third kappa shape index (κ3) is 3.98. The summed E-state index contributed by atoms with van der Waals surface area (Å²) in [4.78, 5) is 0. The van der Waals surface area contributed by atoms with Crippen LogP contribution < -0.4 is 5.32 Å². The zero-order valence-corrected chi connectivity index (χ0v) is 24.6. The highest BCUT2D eigenvalue weighted by molar-refractivity contribution is 6.11. The van der Waals surface area contributed by atoms with Gasteiger partial charge < -0.3 is 5.32 Å². The van der Waals surface area contributed by atoms with Gasteiger partial charge in [0.1, 0.15) is 0 Å². The summed E-state index contributed by atoms with van der Waals surface area (Å²) in [6, 6.07) is 43.1. The SMILES string of the molecule is CC1(C)c2ccccc2-c2ccc(Nc3cc(C4CCCCC4)c4ccccc4c3-c3cccc4ccccc34)cc21. The molecule has 0 bridgehead atoms. The molecule has 0 spiro atoms. The molecule has 0 saturated heterocycles. The van der Waals surface area contributed by atoms with E-state index in [2.05, 4.69) is 134 Å². The smallest absolute Gasteiger partial charge is 0.0473 e. The lowest BCUT2D eigenvalue weighted by molar-refractivity contribution is 0.445. The van der Waals surface area contributed by atoms with Crippen molar-refractivity contribution < 1.29 is 0 Å². The Morgan fingerprint density at radius 2 is 1.24 bits per heavy atom. The molecular formula is C41H37N. The summed E-state index contributed by atoms with van der Waals surface area (Å²) in [6.45, 7) is 4.72. The van der Waals surface area contributed by atoms with Crippen molar-refractivity contribution in [3.63, 3.8) is 0 Å². The normalized spacial score (nSPS) is 16.0.